The second-order valence-electron chi connectivity index (χ2n) is 8.82. The van der Waals surface area contributed by atoms with Gasteiger partial charge in [-0.1, -0.05) is 60.7 Å². The third-order valence-electron chi connectivity index (χ3n) is 5.96. The molecule has 1 saturated heterocycles. The molecule has 0 saturated carbocycles. The summed E-state index contributed by atoms with van der Waals surface area (Å²) in [6.45, 7) is 5.31. The van der Waals surface area contributed by atoms with E-state index in [2.05, 4.69) is 46.3 Å². The lowest BCUT2D eigenvalue weighted by Crippen LogP contribution is -2.45. The lowest BCUT2D eigenvalue weighted by Gasteiger charge is -2.34. The molecule has 7 nitrogen and oxygen atoms in total. The average molecular weight is 547 g/mol. The van der Waals surface area contributed by atoms with Crippen molar-refractivity contribution < 1.29 is 32.8 Å². The van der Waals surface area contributed by atoms with Crippen LogP contribution in [0.3, 0.4) is 0 Å². The lowest BCUT2D eigenvalue weighted by molar-refractivity contribution is 0.0502. The maximum absolute atomic E-state index is 13.4. The van der Waals surface area contributed by atoms with E-state index in [1.165, 1.54) is 29.8 Å². The van der Waals surface area contributed by atoms with Crippen molar-refractivity contribution in [2.24, 2.45) is 0 Å². The number of hydrogen-bond donors (Lipinski definition) is 3. The van der Waals surface area contributed by atoms with Gasteiger partial charge in [-0.3, -0.25) is 4.90 Å². The summed E-state index contributed by atoms with van der Waals surface area (Å²) in [5.41, 5.74) is 3.04. The molecule has 3 aromatic carbocycles. The Kier molecular flexibility index (Phi) is 11.6. The smallest absolute Gasteiger partial charge is 0.375 e. The second-order valence-corrected chi connectivity index (χ2v) is 9.85. The fourth-order valence-electron chi connectivity index (χ4n) is 4.05. The predicted molar refractivity (Wildman–Crippen MR) is 142 cm³/mol. The first-order chi connectivity index (χ1) is 18.2. The van der Waals surface area contributed by atoms with Crippen LogP contribution in [-0.2, 0) is 15.7 Å². The van der Waals surface area contributed by atoms with Gasteiger partial charge in [0.2, 0.25) is 0 Å². The van der Waals surface area contributed by atoms with Crippen LogP contribution >= 0.6 is 7.82 Å². The van der Waals surface area contributed by atoms with E-state index in [9.17, 15) is 8.78 Å². The Morgan fingerprint density at radius 3 is 1.82 bits per heavy atom. The van der Waals surface area contributed by atoms with Crippen LogP contribution in [0.2, 0.25) is 0 Å². The summed E-state index contributed by atoms with van der Waals surface area (Å²) in [7, 11) is -4.64. The zero-order valence-corrected chi connectivity index (χ0v) is 21.8. The van der Waals surface area contributed by atoms with Crippen molar-refractivity contribution in [3.8, 4) is 0 Å². The summed E-state index contributed by atoms with van der Waals surface area (Å²) < 4.78 is 41.9. The largest absolute Gasteiger partial charge is 0.466 e. The molecule has 3 N–H and O–H groups in total. The first-order valence-electron chi connectivity index (χ1n) is 12.3. The fourth-order valence-corrected chi connectivity index (χ4v) is 4.05. The van der Waals surface area contributed by atoms with Crippen molar-refractivity contribution in [3.05, 3.63) is 119 Å². The maximum Gasteiger partial charge on any atom is 0.466 e. The summed E-state index contributed by atoms with van der Waals surface area (Å²) in [4.78, 5) is 26.3. The van der Waals surface area contributed by atoms with Crippen LogP contribution in [-0.4, -0.2) is 63.8 Å². The van der Waals surface area contributed by atoms with Gasteiger partial charge in [0.25, 0.3) is 0 Å². The molecule has 0 radical (unpaired) electrons. The van der Waals surface area contributed by atoms with E-state index in [0.717, 1.165) is 50.3 Å². The van der Waals surface area contributed by atoms with E-state index in [4.69, 9.17) is 24.0 Å². The molecule has 3 aromatic rings. The summed E-state index contributed by atoms with van der Waals surface area (Å²) in [5, 5.41) is 0. The Balaban J connectivity index is 0.000000732. The quantitative estimate of drug-likeness (QED) is 0.340. The molecular weight excluding hydrogens is 513 g/mol. The topological polar surface area (TPSA) is 93.5 Å². The Bertz CT molecular complexity index is 1110. The zero-order valence-electron chi connectivity index (χ0n) is 20.9. The fraction of sp³-hybridized carbons (Fsp3) is 0.286. The first kappa shape index (κ1) is 29.6. The molecule has 204 valence electrons. The second kappa shape index (κ2) is 14.9. The van der Waals surface area contributed by atoms with Gasteiger partial charge in [0.1, 0.15) is 17.7 Å². The van der Waals surface area contributed by atoms with Crippen LogP contribution in [0.4, 0.5) is 8.78 Å². The Hall–Kier alpha value is -2.91. The number of allylic oxidation sites excluding steroid dienone is 1. The van der Waals surface area contributed by atoms with Crippen molar-refractivity contribution in [2.45, 2.75) is 12.5 Å². The standard InChI is InChI=1S/C28H30F2N2O.H3O4P/c29-26-12-8-24(9-13-26)28(25-10-14-27(30)15-11-25)33-22-21-32-19-17-31(18-20-32)16-4-7-23-5-2-1-3-6-23;1-5(2,3)4/h1-6,8-16,28H,7,17-22H2;(H3,1,2,3,4)/b16-4+;. The van der Waals surface area contributed by atoms with E-state index in [1.54, 1.807) is 24.3 Å². The zero-order chi connectivity index (χ0) is 27.4. The third-order valence-corrected chi connectivity index (χ3v) is 5.96. The molecule has 0 bridgehead atoms. The minimum absolute atomic E-state index is 0.285. The van der Waals surface area contributed by atoms with Gasteiger partial charge < -0.3 is 24.3 Å². The highest BCUT2D eigenvalue weighted by Crippen LogP contribution is 2.27. The van der Waals surface area contributed by atoms with Crippen molar-refractivity contribution in [1.29, 1.82) is 0 Å². The van der Waals surface area contributed by atoms with Crippen LogP contribution in [0.5, 0.6) is 0 Å². The molecule has 10 heteroatoms. The molecule has 0 aromatic heterocycles. The summed E-state index contributed by atoms with van der Waals surface area (Å²) in [5.74, 6) is -0.570. The van der Waals surface area contributed by atoms with Crippen molar-refractivity contribution in [3.63, 3.8) is 0 Å². The number of nitrogens with zero attached hydrogens (tertiary/aromatic N) is 2. The van der Waals surface area contributed by atoms with E-state index >= 15 is 0 Å². The number of phosphoric acid groups is 1. The van der Waals surface area contributed by atoms with Crippen LogP contribution in [0.25, 0.3) is 0 Å². The van der Waals surface area contributed by atoms with Crippen LogP contribution in [0.1, 0.15) is 22.8 Å². The van der Waals surface area contributed by atoms with Gasteiger partial charge in [0, 0.05) is 32.7 Å². The summed E-state index contributed by atoms with van der Waals surface area (Å²) in [6, 6.07) is 23.1. The van der Waals surface area contributed by atoms with Gasteiger partial charge in [-0.25, -0.2) is 13.3 Å². The SMILES string of the molecule is Fc1ccc(C(OCCN2CCN(/C=C/Cc3ccccc3)CC2)c2ccc(F)cc2)cc1.O=P(O)(O)O. The summed E-state index contributed by atoms with van der Waals surface area (Å²) >= 11 is 0. The molecule has 4 rings (SSSR count). The van der Waals surface area contributed by atoms with E-state index in [1.807, 2.05) is 6.07 Å². The average Bonchev–Trinajstić information content (AvgIpc) is 2.89. The highest BCUT2D eigenvalue weighted by Gasteiger charge is 2.18. The number of rotatable bonds is 9. The predicted octanol–water partition coefficient (Wildman–Crippen LogP) is 4.52. The van der Waals surface area contributed by atoms with Gasteiger partial charge in [0.05, 0.1) is 6.61 Å². The number of piperazine rings is 1. The van der Waals surface area contributed by atoms with Crippen LogP contribution in [0, 0.1) is 11.6 Å². The van der Waals surface area contributed by atoms with Gasteiger partial charge in [-0.05, 0) is 53.6 Å². The minimum atomic E-state index is -4.64. The molecule has 1 heterocycles. The Labute approximate surface area is 221 Å². The Morgan fingerprint density at radius 1 is 0.816 bits per heavy atom. The van der Waals surface area contributed by atoms with Crippen LogP contribution < -0.4 is 0 Å². The molecule has 0 spiro atoms. The molecular formula is C28H33F2N2O5P. The molecule has 0 aliphatic carbocycles. The molecule has 1 aliphatic rings. The normalized spacial score (nSPS) is 14.5. The van der Waals surface area contributed by atoms with E-state index in [0.29, 0.717) is 6.61 Å². The van der Waals surface area contributed by atoms with Crippen molar-refractivity contribution in [1.82, 2.24) is 9.80 Å². The molecule has 0 amide bonds. The van der Waals surface area contributed by atoms with Crippen LogP contribution in [0.15, 0.2) is 91.1 Å². The monoisotopic (exact) mass is 546 g/mol. The molecule has 1 fully saturated rings. The lowest BCUT2D eigenvalue weighted by atomic mass is 10.0. The van der Waals surface area contributed by atoms with Crippen molar-refractivity contribution >= 4 is 7.82 Å². The van der Waals surface area contributed by atoms with Gasteiger partial charge >= 0.3 is 7.82 Å². The van der Waals surface area contributed by atoms with Gasteiger partial charge in [-0.2, -0.15) is 0 Å². The third kappa shape index (κ3) is 11.2. The summed E-state index contributed by atoms with van der Waals surface area (Å²) in [6.07, 6.45) is 5.03. The number of halogens is 2. The van der Waals surface area contributed by atoms with E-state index < -0.39 is 7.82 Å². The first-order valence-corrected chi connectivity index (χ1v) is 13.8. The minimum Gasteiger partial charge on any atom is -0.375 e. The Morgan fingerprint density at radius 2 is 1.32 bits per heavy atom. The number of benzene rings is 3. The molecule has 38 heavy (non-hydrogen) atoms. The maximum atomic E-state index is 13.4. The highest BCUT2D eigenvalue weighted by atomic mass is 31.2. The molecule has 0 atom stereocenters. The van der Waals surface area contributed by atoms with Gasteiger partial charge in [0.15, 0.2) is 0 Å². The number of hydrogen-bond acceptors (Lipinski definition) is 4. The van der Waals surface area contributed by atoms with Crippen molar-refractivity contribution in [2.75, 3.05) is 39.3 Å². The number of ether oxygens (including phenoxy) is 1. The van der Waals surface area contributed by atoms with Gasteiger partial charge in [-0.15, -0.1) is 0 Å². The molecule has 0 unspecified atom stereocenters. The highest BCUT2D eigenvalue weighted by molar-refractivity contribution is 7.45. The molecule has 1 aliphatic heterocycles. The van der Waals surface area contributed by atoms with E-state index in [-0.39, 0.29) is 17.7 Å².